The van der Waals surface area contributed by atoms with E-state index in [1.165, 1.54) is 23.1 Å². The molecule has 1 saturated carbocycles. The van der Waals surface area contributed by atoms with Crippen LogP contribution in [0.3, 0.4) is 0 Å². The summed E-state index contributed by atoms with van der Waals surface area (Å²) in [6.45, 7) is 1.58. The van der Waals surface area contributed by atoms with Crippen molar-refractivity contribution in [2.75, 3.05) is 19.8 Å². The number of nitrogens with zero attached hydrogens (tertiary/aromatic N) is 1. The molecule has 2 amide bonds. The van der Waals surface area contributed by atoms with E-state index in [0.717, 1.165) is 25.7 Å². The van der Waals surface area contributed by atoms with Crippen molar-refractivity contribution >= 4 is 29.5 Å². The van der Waals surface area contributed by atoms with E-state index in [2.05, 4.69) is 5.32 Å². The zero-order valence-corrected chi connectivity index (χ0v) is 17.0. The number of ether oxygens (including phenoxy) is 1. The van der Waals surface area contributed by atoms with Crippen molar-refractivity contribution in [1.29, 1.82) is 0 Å². The van der Waals surface area contributed by atoms with Crippen LogP contribution in [0.4, 0.5) is 0 Å². The number of amides is 2. The molecule has 0 radical (unpaired) electrons. The molecule has 1 aromatic rings. The van der Waals surface area contributed by atoms with Crippen LogP contribution in [-0.4, -0.2) is 54.7 Å². The minimum atomic E-state index is -0.860. The Hall–Kier alpha value is -2.02. The Balaban J connectivity index is 1.94. The third-order valence-electron chi connectivity index (χ3n) is 4.56. The standard InChI is InChI=1S/C20H28N2O4S/c1-14(19(24)21-15-9-5-4-6-10-15)26-20(25)16-11-7-8-12-17(16)27-13-18(23)22(2)3/h7-8,11-12,14-15H,4-6,9-10,13H2,1-3H3,(H,21,24)/t14-/m1/s1. The van der Waals surface area contributed by atoms with Gasteiger partial charge in [-0.2, -0.15) is 0 Å². The Kier molecular flexibility index (Phi) is 8.16. The van der Waals surface area contributed by atoms with Gasteiger partial charge in [0.05, 0.1) is 11.3 Å². The third kappa shape index (κ3) is 6.57. The fraction of sp³-hybridized carbons (Fsp3) is 0.550. The molecule has 0 aromatic heterocycles. The smallest absolute Gasteiger partial charge is 0.340 e. The van der Waals surface area contributed by atoms with Crippen LogP contribution in [0.15, 0.2) is 29.2 Å². The maximum absolute atomic E-state index is 12.5. The number of hydrogen-bond acceptors (Lipinski definition) is 5. The largest absolute Gasteiger partial charge is 0.449 e. The first-order chi connectivity index (χ1) is 12.9. The number of thioether (sulfide) groups is 1. The zero-order chi connectivity index (χ0) is 19.8. The van der Waals surface area contributed by atoms with E-state index in [1.54, 1.807) is 45.3 Å². The Morgan fingerprint density at radius 2 is 1.85 bits per heavy atom. The van der Waals surface area contributed by atoms with Crippen LogP contribution in [0.1, 0.15) is 49.4 Å². The van der Waals surface area contributed by atoms with Crippen molar-refractivity contribution in [3.05, 3.63) is 29.8 Å². The molecule has 27 heavy (non-hydrogen) atoms. The molecular weight excluding hydrogens is 364 g/mol. The molecule has 1 fully saturated rings. The summed E-state index contributed by atoms with van der Waals surface area (Å²) in [5, 5.41) is 2.97. The first kappa shape index (κ1) is 21.3. The van der Waals surface area contributed by atoms with Crippen LogP contribution >= 0.6 is 11.8 Å². The van der Waals surface area contributed by atoms with Crippen LogP contribution in [0, 0.1) is 0 Å². The van der Waals surface area contributed by atoms with Crippen molar-refractivity contribution in [2.45, 2.75) is 56.1 Å². The molecule has 6 nitrogen and oxygen atoms in total. The number of hydrogen-bond donors (Lipinski definition) is 1. The molecule has 1 aliphatic rings. The van der Waals surface area contributed by atoms with Gasteiger partial charge in [-0.05, 0) is 31.9 Å². The van der Waals surface area contributed by atoms with E-state index in [1.807, 2.05) is 0 Å². The summed E-state index contributed by atoms with van der Waals surface area (Å²) in [4.78, 5) is 38.8. The topological polar surface area (TPSA) is 75.7 Å². The van der Waals surface area contributed by atoms with Gasteiger partial charge in [0, 0.05) is 25.0 Å². The molecule has 1 atom stereocenters. The molecule has 0 heterocycles. The number of carbonyl (C=O) groups is 3. The second kappa shape index (κ2) is 10.3. The van der Waals surface area contributed by atoms with Gasteiger partial charge in [-0.25, -0.2) is 4.79 Å². The normalized spacial score (nSPS) is 15.7. The van der Waals surface area contributed by atoms with E-state index >= 15 is 0 Å². The first-order valence-corrected chi connectivity index (χ1v) is 10.3. The highest BCUT2D eigenvalue weighted by molar-refractivity contribution is 8.00. The predicted molar refractivity (Wildman–Crippen MR) is 106 cm³/mol. The Morgan fingerprint density at radius 3 is 2.52 bits per heavy atom. The monoisotopic (exact) mass is 392 g/mol. The van der Waals surface area contributed by atoms with Crippen LogP contribution in [0.2, 0.25) is 0 Å². The number of nitrogens with one attached hydrogen (secondary N) is 1. The van der Waals surface area contributed by atoms with E-state index in [4.69, 9.17) is 4.74 Å². The molecule has 0 unspecified atom stereocenters. The highest BCUT2D eigenvalue weighted by atomic mass is 32.2. The Morgan fingerprint density at radius 1 is 1.19 bits per heavy atom. The average molecular weight is 393 g/mol. The van der Waals surface area contributed by atoms with Gasteiger partial charge in [0.1, 0.15) is 0 Å². The summed E-state index contributed by atoms with van der Waals surface area (Å²) in [5.41, 5.74) is 0.367. The van der Waals surface area contributed by atoms with E-state index in [-0.39, 0.29) is 23.6 Å². The molecule has 0 aliphatic heterocycles. The lowest BCUT2D eigenvalue weighted by Gasteiger charge is -2.24. The van der Waals surface area contributed by atoms with E-state index < -0.39 is 12.1 Å². The maximum Gasteiger partial charge on any atom is 0.340 e. The zero-order valence-electron chi connectivity index (χ0n) is 16.2. The average Bonchev–Trinajstić information content (AvgIpc) is 2.66. The number of esters is 1. The fourth-order valence-corrected chi connectivity index (χ4v) is 3.89. The van der Waals surface area contributed by atoms with E-state index in [9.17, 15) is 14.4 Å². The summed E-state index contributed by atoms with van der Waals surface area (Å²) >= 11 is 1.28. The van der Waals surface area contributed by atoms with Gasteiger partial charge in [0.25, 0.3) is 5.91 Å². The van der Waals surface area contributed by atoms with Gasteiger partial charge >= 0.3 is 5.97 Å². The van der Waals surface area contributed by atoms with Crippen LogP contribution in [-0.2, 0) is 14.3 Å². The number of benzene rings is 1. The highest BCUT2D eigenvalue weighted by Gasteiger charge is 2.24. The summed E-state index contributed by atoms with van der Waals surface area (Å²) in [6.07, 6.45) is 4.55. The third-order valence-corrected chi connectivity index (χ3v) is 5.62. The van der Waals surface area contributed by atoms with Gasteiger partial charge < -0.3 is 15.0 Å². The van der Waals surface area contributed by atoms with Crippen molar-refractivity contribution in [3.8, 4) is 0 Å². The predicted octanol–water partition coefficient (Wildman–Crippen LogP) is 2.86. The highest BCUT2D eigenvalue weighted by Crippen LogP contribution is 2.24. The molecule has 0 bridgehead atoms. The lowest BCUT2D eigenvalue weighted by atomic mass is 9.95. The molecule has 1 N–H and O–H groups in total. The first-order valence-electron chi connectivity index (χ1n) is 9.32. The summed E-state index contributed by atoms with van der Waals surface area (Å²) in [7, 11) is 3.38. The minimum absolute atomic E-state index is 0.0385. The van der Waals surface area contributed by atoms with Crippen LogP contribution in [0.25, 0.3) is 0 Å². The molecule has 7 heteroatoms. The number of carbonyl (C=O) groups excluding carboxylic acids is 3. The molecule has 0 spiro atoms. The van der Waals surface area contributed by atoms with Crippen molar-refractivity contribution in [3.63, 3.8) is 0 Å². The van der Waals surface area contributed by atoms with Gasteiger partial charge in [-0.1, -0.05) is 31.4 Å². The number of rotatable bonds is 7. The van der Waals surface area contributed by atoms with Crippen molar-refractivity contribution in [2.24, 2.45) is 0 Å². The molecule has 148 valence electrons. The van der Waals surface area contributed by atoms with E-state index in [0.29, 0.717) is 10.5 Å². The summed E-state index contributed by atoms with van der Waals surface area (Å²) in [6, 6.07) is 7.14. The van der Waals surface area contributed by atoms with Gasteiger partial charge in [-0.15, -0.1) is 11.8 Å². The van der Waals surface area contributed by atoms with Gasteiger partial charge in [0.15, 0.2) is 6.10 Å². The Bertz CT molecular complexity index is 672. The molecule has 0 saturated heterocycles. The fourth-order valence-electron chi connectivity index (χ4n) is 2.87. The Labute approximate surface area is 165 Å². The SMILES string of the molecule is C[C@@H](OC(=O)c1ccccc1SCC(=O)N(C)C)C(=O)NC1CCCCC1. The lowest BCUT2D eigenvalue weighted by molar-refractivity contribution is -0.130. The van der Waals surface area contributed by atoms with Gasteiger partial charge in [-0.3, -0.25) is 9.59 Å². The van der Waals surface area contributed by atoms with Crippen molar-refractivity contribution < 1.29 is 19.1 Å². The van der Waals surface area contributed by atoms with Crippen LogP contribution < -0.4 is 5.32 Å². The quantitative estimate of drug-likeness (QED) is 0.570. The lowest BCUT2D eigenvalue weighted by Crippen LogP contribution is -2.42. The summed E-state index contributed by atoms with van der Waals surface area (Å²) in [5.74, 6) is -0.622. The maximum atomic E-state index is 12.5. The second-order valence-corrected chi connectivity index (χ2v) is 7.98. The summed E-state index contributed by atoms with van der Waals surface area (Å²) < 4.78 is 5.38. The molecule has 2 rings (SSSR count). The van der Waals surface area contributed by atoms with Crippen molar-refractivity contribution in [1.82, 2.24) is 10.2 Å². The minimum Gasteiger partial charge on any atom is -0.449 e. The molecule has 1 aromatic carbocycles. The second-order valence-electron chi connectivity index (χ2n) is 6.96. The molecule has 1 aliphatic carbocycles. The molecular formula is C20H28N2O4S. The van der Waals surface area contributed by atoms with Crippen LogP contribution in [0.5, 0.6) is 0 Å². The van der Waals surface area contributed by atoms with Gasteiger partial charge in [0.2, 0.25) is 5.91 Å².